The molecule has 0 heterocycles. The zero-order valence-electron chi connectivity index (χ0n) is 9.70. The molecular weight excluding hydrogens is 204 g/mol. The first kappa shape index (κ1) is 11.4. The lowest BCUT2D eigenvalue weighted by Crippen LogP contribution is -2.37. The second-order valence-corrected chi connectivity index (χ2v) is 4.91. The summed E-state index contributed by atoms with van der Waals surface area (Å²) in [6, 6.07) is 0. The fraction of sp³-hybridized carbons (Fsp3) is 0.692. The smallest absolute Gasteiger partial charge is 0.316 e. The number of ether oxygens (including phenoxy) is 1. The molecular formula is C13H18O3. The van der Waals surface area contributed by atoms with Crippen LogP contribution in [0, 0.1) is 11.3 Å². The van der Waals surface area contributed by atoms with Crippen LogP contribution in [0.3, 0.4) is 0 Å². The van der Waals surface area contributed by atoms with Crippen molar-refractivity contribution in [2.75, 3.05) is 7.11 Å². The quantitative estimate of drug-likeness (QED) is 0.388. The van der Waals surface area contributed by atoms with Gasteiger partial charge in [0.25, 0.3) is 0 Å². The van der Waals surface area contributed by atoms with Gasteiger partial charge in [-0.25, -0.2) is 0 Å². The number of rotatable bonds is 1. The molecule has 2 aliphatic rings. The summed E-state index contributed by atoms with van der Waals surface area (Å²) in [5.41, 5.74) is 0.0554. The first-order valence-electron chi connectivity index (χ1n) is 5.95. The van der Waals surface area contributed by atoms with Crippen LogP contribution >= 0.6 is 0 Å². The van der Waals surface area contributed by atoms with Gasteiger partial charge in [0.1, 0.15) is 11.7 Å². The van der Waals surface area contributed by atoms with Crippen LogP contribution in [0.1, 0.15) is 38.5 Å². The van der Waals surface area contributed by atoms with E-state index in [4.69, 9.17) is 0 Å². The number of methoxy groups -OCH3 is 1. The lowest BCUT2D eigenvalue weighted by atomic mass is 9.65. The molecule has 3 nitrogen and oxygen atoms in total. The number of Topliss-reactive ketones (excluding diaryl/α,β-unsaturated/α-hetero) is 1. The zero-order valence-corrected chi connectivity index (χ0v) is 9.70. The number of carbonyl (C=O) groups is 2. The van der Waals surface area contributed by atoms with Crippen LogP contribution in [-0.2, 0) is 14.3 Å². The molecule has 16 heavy (non-hydrogen) atoms. The highest BCUT2D eigenvalue weighted by Crippen LogP contribution is 2.44. The topological polar surface area (TPSA) is 43.4 Å². The van der Waals surface area contributed by atoms with Crippen LogP contribution < -0.4 is 0 Å². The number of esters is 1. The maximum atomic E-state index is 11.9. The van der Waals surface area contributed by atoms with Gasteiger partial charge in [-0.05, 0) is 37.5 Å². The molecule has 3 heteroatoms. The Morgan fingerprint density at radius 3 is 2.88 bits per heavy atom. The second-order valence-electron chi connectivity index (χ2n) is 4.91. The molecule has 0 aromatic carbocycles. The van der Waals surface area contributed by atoms with Crippen LogP contribution in [0.2, 0.25) is 0 Å². The summed E-state index contributed by atoms with van der Waals surface area (Å²) in [5.74, 6) is -0.810. The van der Waals surface area contributed by atoms with E-state index >= 15 is 0 Å². The van der Waals surface area contributed by atoms with Crippen molar-refractivity contribution in [1.82, 2.24) is 0 Å². The predicted octanol–water partition coefficient (Wildman–Crippen LogP) is 2.26. The van der Waals surface area contributed by atoms with Crippen molar-refractivity contribution in [3.63, 3.8) is 0 Å². The standard InChI is InChI=1S/C13H18O3/c1-16-12(15)10-5-8-13(9-11(10)14)6-3-2-4-7-13/h3,6,10H,2,4-5,7-9H2,1H3/t10?,13-/m1/s1. The van der Waals surface area contributed by atoms with Crippen molar-refractivity contribution in [3.05, 3.63) is 12.2 Å². The molecule has 0 aromatic heterocycles. The molecule has 0 saturated heterocycles. The summed E-state index contributed by atoms with van der Waals surface area (Å²) < 4.78 is 4.66. The number of ketones is 1. The van der Waals surface area contributed by atoms with Gasteiger partial charge in [0, 0.05) is 6.42 Å². The molecule has 2 aliphatic carbocycles. The molecule has 0 aromatic rings. The van der Waals surface area contributed by atoms with E-state index in [1.165, 1.54) is 7.11 Å². The Balaban J connectivity index is 2.07. The summed E-state index contributed by atoms with van der Waals surface area (Å²) in [6.45, 7) is 0. The van der Waals surface area contributed by atoms with Crippen molar-refractivity contribution >= 4 is 11.8 Å². The van der Waals surface area contributed by atoms with Crippen molar-refractivity contribution in [2.45, 2.75) is 38.5 Å². The summed E-state index contributed by atoms with van der Waals surface area (Å²) in [5, 5.41) is 0. The molecule has 0 radical (unpaired) electrons. The van der Waals surface area contributed by atoms with Crippen molar-refractivity contribution in [2.24, 2.45) is 11.3 Å². The third-order valence-electron chi connectivity index (χ3n) is 3.85. The van der Waals surface area contributed by atoms with Crippen LogP contribution in [0.25, 0.3) is 0 Å². The van der Waals surface area contributed by atoms with Gasteiger partial charge >= 0.3 is 5.97 Å². The minimum Gasteiger partial charge on any atom is -0.468 e. The van der Waals surface area contributed by atoms with Crippen LogP contribution in [0.15, 0.2) is 12.2 Å². The van der Waals surface area contributed by atoms with E-state index in [0.29, 0.717) is 12.8 Å². The Morgan fingerprint density at radius 2 is 2.31 bits per heavy atom. The van der Waals surface area contributed by atoms with E-state index in [0.717, 1.165) is 25.7 Å². The van der Waals surface area contributed by atoms with Crippen molar-refractivity contribution < 1.29 is 14.3 Å². The third-order valence-corrected chi connectivity index (χ3v) is 3.85. The Labute approximate surface area is 95.9 Å². The molecule has 1 fully saturated rings. The minimum absolute atomic E-state index is 0.0554. The summed E-state index contributed by atoms with van der Waals surface area (Å²) >= 11 is 0. The Bertz CT molecular complexity index is 332. The number of hydrogen-bond donors (Lipinski definition) is 0. The maximum absolute atomic E-state index is 11.9. The highest BCUT2D eigenvalue weighted by molar-refractivity contribution is 5.99. The zero-order chi connectivity index (χ0) is 11.6. The fourth-order valence-corrected chi connectivity index (χ4v) is 2.89. The van der Waals surface area contributed by atoms with Gasteiger partial charge in [0.15, 0.2) is 0 Å². The molecule has 0 aliphatic heterocycles. The SMILES string of the molecule is COC(=O)C1CC[C@]2(C=CCCC2)CC1=O. The molecule has 88 valence electrons. The van der Waals surface area contributed by atoms with E-state index in [-0.39, 0.29) is 17.2 Å². The fourth-order valence-electron chi connectivity index (χ4n) is 2.89. The Morgan fingerprint density at radius 1 is 1.50 bits per heavy atom. The highest BCUT2D eigenvalue weighted by Gasteiger charge is 2.41. The average Bonchev–Trinajstić information content (AvgIpc) is 2.29. The normalized spacial score (nSPS) is 34.1. The monoisotopic (exact) mass is 222 g/mol. The molecule has 0 bridgehead atoms. The lowest BCUT2D eigenvalue weighted by Gasteiger charge is -2.38. The summed E-state index contributed by atoms with van der Waals surface area (Å²) in [7, 11) is 1.35. The Kier molecular flexibility index (Phi) is 3.13. The van der Waals surface area contributed by atoms with E-state index in [1.807, 2.05) is 0 Å². The first-order valence-corrected chi connectivity index (χ1v) is 5.95. The first-order chi connectivity index (χ1) is 7.67. The van der Waals surface area contributed by atoms with Crippen LogP contribution in [0.5, 0.6) is 0 Å². The molecule has 1 spiro atoms. The lowest BCUT2D eigenvalue weighted by molar-refractivity contribution is -0.152. The van der Waals surface area contributed by atoms with E-state index in [1.54, 1.807) is 0 Å². The average molecular weight is 222 g/mol. The molecule has 1 unspecified atom stereocenters. The maximum Gasteiger partial charge on any atom is 0.316 e. The second kappa shape index (κ2) is 4.40. The third kappa shape index (κ3) is 2.04. The van der Waals surface area contributed by atoms with Crippen LogP contribution in [-0.4, -0.2) is 18.9 Å². The van der Waals surface area contributed by atoms with Gasteiger partial charge in [-0.1, -0.05) is 12.2 Å². The molecule has 2 rings (SSSR count). The minimum atomic E-state index is -0.508. The molecule has 1 saturated carbocycles. The summed E-state index contributed by atoms with van der Waals surface area (Å²) in [6.07, 6.45) is 9.84. The molecule has 2 atom stereocenters. The van der Waals surface area contributed by atoms with Gasteiger partial charge in [-0.2, -0.15) is 0 Å². The van der Waals surface area contributed by atoms with Crippen molar-refractivity contribution in [1.29, 1.82) is 0 Å². The van der Waals surface area contributed by atoms with Crippen LogP contribution in [0.4, 0.5) is 0 Å². The van der Waals surface area contributed by atoms with E-state index in [9.17, 15) is 9.59 Å². The predicted molar refractivity (Wildman–Crippen MR) is 59.8 cm³/mol. The van der Waals surface area contributed by atoms with Gasteiger partial charge in [0.2, 0.25) is 0 Å². The Hall–Kier alpha value is -1.12. The largest absolute Gasteiger partial charge is 0.468 e. The molecule has 0 amide bonds. The summed E-state index contributed by atoms with van der Waals surface area (Å²) in [4.78, 5) is 23.3. The highest BCUT2D eigenvalue weighted by atomic mass is 16.5. The number of hydrogen-bond acceptors (Lipinski definition) is 3. The number of carbonyl (C=O) groups excluding carboxylic acids is 2. The van der Waals surface area contributed by atoms with E-state index < -0.39 is 5.92 Å². The van der Waals surface area contributed by atoms with E-state index in [2.05, 4.69) is 16.9 Å². The van der Waals surface area contributed by atoms with Gasteiger partial charge in [-0.15, -0.1) is 0 Å². The van der Waals surface area contributed by atoms with Gasteiger partial charge in [0.05, 0.1) is 7.11 Å². The number of allylic oxidation sites excluding steroid dienone is 2. The molecule has 0 N–H and O–H groups in total. The van der Waals surface area contributed by atoms with Crippen molar-refractivity contribution in [3.8, 4) is 0 Å². The van der Waals surface area contributed by atoms with Gasteiger partial charge < -0.3 is 4.74 Å². The van der Waals surface area contributed by atoms with Gasteiger partial charge in [-0.3, -0.25) is 9.59 Å².